The number of rotatable bonds is 2. The Labute approximate surface area is 139 Å². The number of aromatic nitrogens is 1. The van der Waals surface area contributed by atoms with E-state index in [4.69, 9.17) is 9.40 Å². The van der Waals surface area contributed by atoms with Gasteiger partial charge < -0.3 is 4.42 Å². The molecule has 1 aliphatic carbocycles. The van der Waals surface area contributed by atoms with E-state index in [1.807, 2.05) is 62.4 Å². The Hall–Kier alpha value is -2.94. The summed E-state index contributed by atoms with van der Waals surface area (Å²) in [5, 5.41) is 1.54. The molecule has 4 rings (SSSR count). The van der Waals surface area contributed by atoms with Crippen molar-refractivity contribution in [2.75, 3.05) is 0 Å². The average molecular weight is 315 g/mol. The van der Waals surface area contributed by atoms with Gasteiger partial charge in [-0.05, 0) is 32.4 Å². The number of para-hydroxylation sites is 2. The lowest BCUT2D eigenvalue weighted by atomic mass is 9.97. The molecule has 1 heterocycles. The molecule has 3 nitrogen and oxygen atoms in total. The van der Waals surface area contributed by atoms with Crippen LogP contribution in [0.2, 0.25) is 0 Å². The molecular weight excluding hydrogens is 298 g/mol. The van der Waals surface area contributed by atoms with Gasteiger partial charge in [0.05, 0.1) is 0 Å². The number of benzene rings is 3. The van der Waals surface area contributed by atoms with Crippen LogP contribution in [0.3, 0.4) is 0 Å². The van der Waals surface area contributed by atoms with Gasteiger partial charge in [-0.15, -0.1) is 0 Å². The fraction of sp³-hybridized carbons (Fsp3) is 0.143. The highest BCUT2D eigenvalue weighted by atomic mass is 16.3. The number of allylic oxidation sites excluding steroid dienone is 2. The third kappa shape index (κ3) is 2.29. The molecule has 0 unspecified atom stereocenters. The van der Waals surface area contributed by atoms with Gasteiger partial charge in [-0.1, -0.05) is 48.0 Å². The van der Waals surface area contributed by atoms with Crippen LogP contribution < -0.4 is 5.43 Å². The third-order valence-corrected chi connectivity index (χ3v) is 4.21. The first kappa shape index (κ1) is 14.6. The number of nitrogens with zero attached hydrogens (tertiary/aromatic N) is 1. The molecule has 0 fully saturated rings. The van der Waals surface area contributed by atoms with E-state index in [1.165, 1.54) is 5.57 Å². The molecule has 0 N–H and O–H groups in total. The van der Waals surface area contributed by atoms with Crippen LogP contribution in [-0.4, -0.2) is 4.98 Å². The zero-order valence-corrected chi connectivity index (χ0v) is 13.7. The molecular formula is C21H17NO2. The molecule has 0 aromatic heterocycles. The summed E-state index contributed by atoms with van der Waals surface area (Å²) in [6.07, 6.45) is 2.60. The first-order valence-electron chi connectivity index (χ1n) is 8.01. The minimum Gasteiger partial charge on any atom is -0.452 e. The molecule has 0 radical (unpaired) electrons. The normalized spacial score (nSPS) is 11.2. The van der Waals surface area contributed by atoms with Gasteiger partial charge in [-0.25, -0.2) is 4.98 Å². The zero-order valence-electron chi connectivity index (χ0n) is 13.7. The van der Waals surface area contributed by atoms with Crippen LogP contribution in [-0.2, 0) is 6.42 Å². The van der Waals surface area contributed by atoms with Gasteiger partial charge >= 0.3 is 0 Å². The lowest BCUT2D eigenvalue weighted by Crippen LogP contribution is -2.13. The SMILES string of the molecule is CC(C)=CCc1c2oc3ccccc3nc-2c2ccccc2c1=O. The minimum absolute atomic E-state index is 0.0245. The summed E-state index contributed by atoms with van der Waals surface area (Å²) in [7, 11) is 0. The lowest BCUT2D eigenvalue weighted by molar-refractivity contribution is 0.608. The van der Waals surface area contributed by atoms with Crippen molar-refractivity contribution < 1.29 is 4.42 Å². The van der Waals surface area contributed by atoms with E-state index in [0.29, 0.717) is 28.7 Å². The van der Waals surface area contributed by atoms with Crippen molar-refractivity contribution in [1.29, 1.82) is 0 Å². The van der Waals surface area contributed by atoms with E-state index in [2.05, 4.69) is 6.08 Å². The predicted molar refractivity (Wildman–Crippen MR) is 97.5 cm³/mol. The van der Waals surface area contributed by atoms with Gasteiger partial charge in [0, 0.05) is 16.3 Å². The van der Waals surface area contributed by atoms with Crippen LogP contribution in [0.25, 0.3) is 33.3 Å². The van der Waals surface area contributed by atoms with E-state index in [0.717, 1.165) is 16.6 Å². The molecule has 2 aliphatic rings. The van der Waals surface area contributed by atoms with Gasteiger partial charge in [0.2, 0.25) is 0 Å². The topological polar surface area (TPSA) is 43.1 Å². The van der Waals surface area contributed by atoms with E-state index >= 15 is 0 Å². The highest BCUT2D eigenvalue weighted by Gasteiger charge is 2.21. The monoisotopic (exact) mass is 315 g/mol. The second-order valence-electron chi connectivity index (χ2n) is 6.20. The maximum Gasteiger partial charge on any atom is 0.193 e. The Bertz CT molecular complexity index is 1120. The summed E-state index contributed by atoms with van der Waals surface area (Å²) in [5.74, 6) is 0.592. The van der Waals surface area contributed by atoms with Crippen molar-refractivity contribution in [3.63, 3.8) is 0 Å². The molecule has 3 heteroatoms. The van der Waals surface area contributed by atoms with Crippen molar-refractivity contribution in [3.8, 4) is 11.5 Å². The predicted octanol–water partition coefficient (Wildman–Crippen LogP) is 4.95. The van der Waals surface area contributed by atoms with Crippen molar-refractivity contribution in [3.05, 3.63) is 76.0 Å². The van der Waals surface area contributed by atoms with Crippen LogP contribution in [0.15, 0.2) is 69.4 Å². The fourth-order valence-electron chi connectivity index (χ4n) is 3.00. The van der Waals surface area contributed by atoms with Gasteiger partial charge in [0.1, 0.15) is 11.2 Å². The molecule has 0 amide bonds. The van der Waals surface area contributed by atoms with Crippen molar-refractivity contribution in [2.24, 2.45) is 0 Å². The Kier molecular flexibility index (Phi) is 3.42. The van der Waals surface area contributed by atoms with Crippen LogP contribution in [0.1, 0.15) is 19.4 Å². The Balaban J connectivity index is 2.18. The summed E-state index contributed by atoms with van der Waals surface area (Å²) in [6, 6.07) is 15.3. The van der Waals surface area contributed by atoms with Crippen LogP contribution in [0, 0.1) is 0 Å². The highest BCUT2D eigenvalue weighted by molar-refractivity contribution is 5.97. The molecule has 24 heavy (non-hydrogen) atoms. The molecule has 2 aromatic rings. The van der Waals surface area contributed by atoms with Gasteiger partial charge in [0.15, 0.2) is 16.8 Å². The number of hydrogen-bond acceptors (Lipinski definition) is 3. The molecule has 0 saturated heterocycles. The van der Waals surface area contributed by atoms with Crippen molar-refractivity contribution in [1.82, 2.24) is 4.98 Å². The summed E-state index contributed by atoms with van der Waals surface area (Å²) in [5.41, 5.74) is 4.10. The first-order chi connectivity index (χ1) is 11.6. The Morgan fingerprint density at radius 3 is 2.54 bits per heavy atom. The molecule has 0 spiro atoms. The lowest BCUT2D eigenvalue weighted by Gasteiger charge is -2.13. The summed E-state index contributed by atoms with van der Waals surface area (Å²) in [4.78, 5) is 17.8. The van der Waals surface area contributed by atoms with Gasteiger partial charge in [-0.3, -0.25) is 4.79 Å². The third-order valence-electron chi connectivity index (χ3n) is 4.21. The molecule has 0 bridgehead atoms. The standard InChI is InChI=1S/C21H17NO2/c1-13(2)11-12-16-20(23)15-8-4-3-7-14(15)19-21(16)24-18-10-6-5-9-17(18)22-19/h3-11H,12H2,1-2H3. The Morgan fingerprint density at radius 1 is 1.04 bits per heavy atom. The van der Waals surface area contributed by atoms with Gasteiger partial charge in [0.25, 0.3) is 0 Å². The van der Waals surface area contributed by atoms with Crippen LogP contribution in [0.4, 0.5) is 0 Å². The van der Waals surface area contributed by atoms with E-state index in [9.17, 15) is 4.79 Å². The highest BCUT2D eigenvalue weighted by Crippen LogP contribution is 2.33. The number of hydrogen-bond donors (Lipinski definition) is 0. The summed E-state index contributed by atoms with van der Waals surface area (Å²) in [6.45, 7) is 4.05. The van der Waals surface area contributed by atoms with Gasteiger partial charge in [-0.2, -0.15) is 0 Å². The van der Waals surface area contributed by atoms with E-state index in [1.54, 1.807) is 0 Å². The van der Waals surface area contributed by atoms with Crippen LogP contribution >= 0.6 is 0 Å². The maximum absolute atomic E-state index is 13.0. The van der Waals surface area contributed by atoms with Crippen molar-refractivity contribution in [2.45, 2.75) is 20.3 Å². The first-order valence-corrected chi connectivity index (χ1v) is 8.01. The second kappa shape index (κ2) is 5.60. The average Bonchev–Trinajstić information content (AvgIpc) is 2.60. The van der Waals surface area contributed by atoms with Crippen molar-refractivity contribution >= 4 is 21.9 Å². The molecule has 0 saturated carbocycles. The number of fused-ring (bicyclic) bond motifs is 4. The van der Waals surface area contributed by atoms with E-state index in [-0.39, 0.29) is 5.43 Å². The maximum atomic E-state index is 13.0. The molecule has 1 aliphatic heterocycles. The Morgan fingerprint density at radius 2 is 1.75 bits per heavy atom. The zero-order chi connectivity index (χ0) is 16.7. The van der Waals surface area contributed by atoms with Crippen LogP contribution in [0.5, 0.6) is 0 Å². The molecule has 2 aromatic carbocycles. The minimum atomic E-state index is 0.0245. The quantitative estimate of drug-likeness (QED) is 0.298. The summed E-state index contributed by atoms with van der Waals surface area (Å²) >= 11 is 0. The molecule has 0 atom stereocenters. The summed E-state index contributed by atoms with van der Waals surface area (Å²) < 4.78 is 6.11. The largest absolute Gasteiger partial charge is 0.452 e. The second-order valence-corrected chi connectivity index (χ2v) is 6.20. The smallest absolute Gasteiger partial charge is 0.193 e. The molecule has 118 valence electrons. The fourth-order valence-corrected chi connectivity index (χ4v) is 3.00. The van der Waals surface area contributed by atoms with E-state index < -0.39 is 0 Å².